The Morgan fingerprint density at radius 3 is 2.34 bits per heavy atom. The predicted molar refractivity (Wildman–Crippen MR) is 131 cm³/mol. The Morgan fingerprint density at radius 1 is 1.06 bits per heavy atom. The van der Waals surface area contributed by atoms with Crippen LogP contribution in [0, 0.1) is 11.2 Å². The van der Waals surface area contributed by atoms with Gasteiger partial charge in [0.05, 0.1) is 6.61 Å². The molecule has 3 rings (SSSR count). The number of carbonyl (C=O) groups is 2. The van der Waals surface area contributed by atoms with Crippen molar-refractivity contribution in [2.24, 2.45) is 5.41 Å². The van der Waals surface area contributed by atoms with Crippen molar-refractivity contribution in [2.45, 2.75) is 58.8 Å². The van der Waals surface area contributed by atoms with Crippen LogP contribution in [0.2, 0.25) is 0 Å². The van der Waals surface area contributed by atoms with E-state index in [-0.39, 0.29) is 17.8 Å². The molecule has 8 heteroatoms. The van der Waals surface area contributed by atoms with Gasteiger partial charge in [0.25, 0.3) is 11.8 Å². The van der Waals surface area contributed by atoms with Crippen molar-refractivity contribution in [1.82, 2.24) is 10.2 Å². The third-order valence-corrected chi connectivity index (χ3v) is 6.02. The first-order valence-electron chi connectivity index (χ1n) is 12.0. The van der Waals surface area contributed by atoms with Crippen molar-refractivity contribution < 1.29 is 28.9 Å². The second kappa shape index (κ2) is 11.6. The molecular weight excluding hydrogens is 451 g/mol. The number of nitrogens with zero attached hydrogens (tertiary/aromatic N) is 1. The molecule has 0 unspecified atom stereocenters. The standard InChI is InChI=1S/C27H35FN2O5/c1-27(2,3)12-15-35-22-16-20(28)10-11-21(22)19-8-6-18(7-9-19)17-29-25(33)23(31)24(32)26(34)30-13-4-5-14-30/h6-11,16,23-24,31-32H,4-5,12-15,17H2,1-3H3,(H,29,33)/t23-,24-/m1/s1. The topological polar surface area (TPSA) is 99.1 Å². The molecule has 0 aromatic heterocycles. The van der Waals surface area contributed by atoms with Crippen LogP contribution in [0.1, 0.15) is 45.6 Å². The third kappa shape index (κ3) is 7.50. The summed E-state index contributed by atoms with van der Waals surface area (Å²) in [6.45, 7) is 7.97. The van der Waals surface area contributed by atoms with E-state index in [1.165, 1.54) is 17.0 Å². The Balaban J connectivity index is 1.59. The number of carbonyl (C=O) groups excluding carboxylic acids is 2. The van der Waals surface area contributed by atoms with Crippen molar-refractivity contribution in [1.29, 1.82) is 0 Å². The fourth-order valence-electron chi connectivity index (χ4n) is 3.82. The molecule has 2 aromatic rings. The molecule has 1 aliphatic heterocycles. The van der Waals surface area contributed by atoms with E-state index in [0.717, 1.165) is 36.0 Å². The van der Waals surface area contributed by atoms with E-state index in [1.54, 1.807) is 18.2 Å². The summed E-state index contributed by atoms with van der Waals surface area (Å²) >= 11 is 0. The Kier molecular flexibility index (Phi) is 8.86. The Morgan fingerprint density at radius 2 is 1.71 bits per heavy atom. The van der Waals surface area contributed by atoms with Crippen LogP contribution in [0.25, 0.3) is 11.1 Å². The van der Waals surface area contributed by atoms with Crippen molar-refractivity contribution in [2.75, 3.05) is 19.7 Å². The maximum Gasteiger partial charge on any atom is 0.254 e. The van der Waals surface area contributed by atoms with Gasteiger partial charge in [0.15, 0.2) is 12.2 Å². The second-order valence-electron chi connectivity index (χ2n) is 10.1. The molecule has 0 saturated carbocycles. The average molecular weight is 487 g/mol. The van der Waals surface area contributed by atoms with Crippen LogP contribution in [0.15, 0.2) is 42.5 Å². The fraction of sp³-hybridized carbons (Fsp3) is 0.481. The number of nitrogens with one attached hydrogen (secondary N) is 1. The predicted octanol–water partition coefficient (Wildman–Crippen LogP) is 3.27. The van der Waals surface area contributed by atoms with Crippen molar-refractivity contribution in [3.05, 3.63) is 53.8 Å². The monoisotopic (exact) mass is 486 g/mol. The first-order valence-corrected chi connectivity index (χ1v) is 12.0. The van der Waals surface area contributed by atoms with Crippen LogP contribution < -0.4 is 10.1 Å². The first-order chi connectivity index (χ1) is 16.5. The number of amides is 2. The number of rotatable bonds is 9. The molecule has 35 heavy (non-hydrogen) atoms. The lowest BCUT2D eigenvalue weighted by Crippen LogP contribution is -2.50. The van der Waals surface area contributed by atoms with E-state index in [4.69, 9.17) is 4.74 Å². The summed E-state index contributed by atoms with van der Waals surface area (Å²) < 4.78 is 19.7. The van der Waals surface area contributed by atoms with E-state index in [0.29, 0.717) is 25.4 Å². The summed E-state index contributed by atoms with van der Waals surface area (Å²) in [4.78, 5) is 25.9. The number of likely N-dealkylation sites (tertiary alicyclic amines) is 1. The van der Waals surface area contributed by atoms with Gasteiger partial charge in [-0.1, -0.05) is 45.0 Å². The Labute approximate surface area is 205 Å². The minimum Gasteiger partial charge on any atom is -0.493 e. The van der Waals surface area contributed by atoms with Gasteiger partial charge in [0, 0.05) is 31.3 Å². The maximum atomic E-state index is 13.8. The quantitative estimate of drug-likeness (QED) is 0.505. The van der Waals surface area contributed by atoms with Gasteiger partial charge in [0.1, 0.15) is 11.6 Å². The molecule has 1 saturated heterocycles. The normalized spacial score (nSPS) is 15.5. The van der Waals surface area contributed by atoms with Crippen LogP contribution in [0.3, 0.4) is 0 Å². The smallest absolute Gasteiger partial charge is 0.254 e. The highest BCUT2D eigenvalue weighted by Gasteiger charge is 2.34. The highest BCUT2D eigenvalue weighted by atomic mass is 19.1. The SMILES string of the molecule is CC(C)(C)CCOc1cc(F)ccc1-c1ccc(CNC(=O)[C@H](O)[C@@H](O)C(=O)N2CCCC2)cc1. The van der Waals surface area contributed by atoms with Gasteiger partial charge in [-0.3, -0.25) is 9.59 Å². The lowest BCUT2D eigenvalue weighted by Gasteiger charge is -2.22. The lowest BCUT2D eigenvalue weighted by atomic mass is 9.93. The van der Waals surface area contributed by atoms with Gasteiger partial charge in [-0.15, -0.1) is 0 Å². The molecule has 0 spiro atoms. The van der Waals surface area contributed by atoms with Gasteiger partial charge in [-0.25, -0.2) is 4.39 Å². The second-order valence-corrected chi connectivity index (χ2v) is 10.1. The van der Waals surface area contributed by atoms with E-state index in [9.17, 15) is 24.2 Å². The summed E-state index contributed by atoms with van der Waals surface area (Å²) in [5.41, 5.74) is 2.45. The van der Waals surface area contributed by atoms with Crippen LogP contribution in [-0.2, 0) is 16.1 Å². The number of hydrogen-bond donors (Lipinski definition) is 3. The summed E-state index contributed by atoms with van der Waals surface area (Å²) in [6.07, 6.45) is -1.11. The molecule has 2 aromatic carbocycles. The molecule has 0 aliphatic carbocycles. The summed E-state index contributed by atoms with van der Waals surface area (Å²) in [5.74, 6) is -1.35. The van der Waals surface area contributed by atoms with Crippen LogP contribution in [0.5, 0.6) is 5.75 Å². The lowest BCUT2D eigenvalue weighted by molar-refractivity contribution is -0.152. The zero-order valence-corrected chi connectivity index (χ0v) is 20.6. The molecule has 2 amide bonds. The van der Waals surface area contributed by atoms with E-state index >= 15 is 0 Å². The molecule has 2 atom stereocenters. The number of aliphatic hydroxyl groups excluding tert-OH is 2. The largest absolute Gasteiger partial charge is 0.493 e. The summed E-state index contributed by atoms with van der Waals surface area (Å²) in [6, 6.07) is 11.7. The van der Waals surface area contributed by atoms with E-state index in [2.05, 4.69) is 26.1 Å². The Bertz CT molecular complexity index is 1010. The van der Waals surface area contributed by atoms with Crippen molar-refractivity contribution in [3.8, 4) is 16.9 Å². The van der Waals surface area contributed by atoms with Crippen LogP contribution in [-0.4, -0.2) is 58.8 Å². The molecule has 0 bridgehead atoms. The van der Waals surface area contributed by atoms with Gasteiger partial charge in [-0.2, -0.15) is 0 Å². The number of benzene rings is 2. The number of aliphatic hydroxyl groups is 2. The van der Waals surface area contributed by atoms with Crippen molar-refractivity contribution in [3.63, 3.8) is 0 Å². The average Bonchev–Trinajstić information content (AvgIpc) is 3.36. The van der Waals surface area contributed by atoms with Crippen molar-refractivity contribution >= 4 is 11.8 Å². The zero-order valence-electron chi connectivity index (χ0n) is 20.6. The number of hydrogen-bond acceptors (Lipinski definition) is 5. The molecule has 1 heterocycles. The van der Waals surface area contributed by atoms with E-state index in [1.807, 2.05) is 12.1 Å². The molecule has 1 aliphatic rings. The highest BCUT2D eigenvalue weighted by Crippen LogP contribution is 2.32. The molecule has 7 nitrogen and oxygen atoms in total. The van der Waals surface area contributed by atoms with Gasteiger partial charge < -0.3 is 25.2 Å². The van der Waals surface area contributed by atoms with Gasteiger partial charge >= 0.3 is 0 Å². The number of ether oxygens (including phenoxy) is 1. The zero-order chi connectivity index (χ0) is 25.6. The molecule has 1 fully saturated rings. The fourth-order valence-corrected chi connectivity index (χ4v) is 3.82. The maximum absolute atomic E-state index is 13.8. The van der Waals surface area contributed by atoms with Gasteiger partial charge in [0.2, 0.25) is 0 Å². The van der Waals surface area contributed by atoms with Crippen LogP contribution in [0.4, 0.5) is 4.39 Å². The minimum absolute atomic E-state index is 0.102. The molecule has 0 radical (unpaired) electrons. The Hall–Kier alpha value is -2.97. The van der Waals surface area contributed by atoms with Crippen LogP contribution >= 0.6 is 0 Å². The minimum atomic E-state index is -1.84. The third-order valence-electron chi connectivity index (χ3n) is 6.02. The van der Waals surface area contributed by atoms with E-state index < -0.39 is 24.0 Å². The molecule has 190 valence electrons. The number of halogens is 1. The first kappa shape index (κ1) is 26.6. The molecule has 3 N–H and O–H groups in total. The summed E-state index contributed by atoms with van der Waals surface area (Å²) in [5, 5.41) is 22.7. The summed E-state index contributed by atoms with van der Waals surface area (Å²) in [7, 11) is 0. The van der Waals surface area contributed by atoms with Gasteiger partial charge in [-0.05, 0) is 47.9 Å². The molecular formula is C27H35FN2O5. The highest BCUT2D eigenvalue weighted by molar-refractivity contribution is 5.90.